The summed E-state index contributed by atoms with van der Waals surface area (Å²) in [6.45, 7) is 4.22. The summed E-state index contributed by atoms with van der Waals surface area (Å²) in [4.78, 5) is 13.9. The van der Waals surface area contributed by atoms with E-state index in [1.165, 1.54) is 0 Å². The Morgan fingerprint density at radius 3 is 2.92 bits per heavy atom. The van der Waals surface area contributed by atoms with E-state index in [1.54, 1.807) is 18.3 Å². The highest BCUT2D eigenvalue weighted by atomic mass is 16.5. The van der Waals surface area contributed by atoms with E-state index in [4.69, 9.17) is 0 Å². The number of hydrogen-bond donors (Lipinski definition) is 0. The van der Waals surface area contributed by atoms with Crippen LogP contribution >= 0.6 is 0 Å². The van der Waals surface area contributed by atoms with Gasteiger partial charge < -0.3 is 4.74 Å². The molecule has 0 fully saturated rings. The van der Waals surface area contributed by atoms with E-state index in [-0.39, 0.29) is 6.61 Å². The fourth-order valence-electron chi connectivity index (χ4n) is 0.761. The number of ether oxygens (including phenoxy) is 1. The molecule has 0 radical (unpaired) electrons. The zero-order valence-electron chi connectivity index (χ0n) is 6.56. The van der Waals surface area contributed by atoms with Crippen LogP contribution < -0.4 is 0 Å². The summed E-state index contributed by atoms with van der Waals surface area (Å²) < 4.78 is 4.52. The number of nitrogens with zero attached hydrogens (tertiary/aromatic N) is 1. The first-order valence-electron chi connectivity index (χ1n) is 3.49. The molecule has 3 nitrogen and oxygen atoms in total. The van der Waals surface area contributed by atoms with Crippen LogP contribution in [0.4, 0.5) is 0 Å². The molecule has 0 amide bonds. The molecule has 0 unspecified atom stereocenters. The third kappa shape index (κ3) is 2.20. The lowest BCUT2D eigenvalue weighted by Crippen LogP contribution is -1.93. The predicted molar refractivity (Wildman–Crippen MR) is 45.2 cm³/mol. The molecule has 0 aromatic carbocycles. The topological polar surface area (TPSA) is 39.2 Å². The average molecular weight is 163 g/mol. The van der Waals surface area contributed by atoms with Crippen LogP contribution in [0.3, 0.4) is 0 Å². The van der Waals surface area contributed by atoms with Crippen molar-refractivity contribution in [1.29, 1.82) is 0 Å². The monoisotopic (exact) mass is 163 g/mol. The highest BCUT2D eigenvalue weighted by molar-refractivity contribution is 5.45. The molecule has 0 aliphatic heterocycles. The lowest BCUT2D eigenvalue weighted by atomic mass is 10.2. The zero-order chi connectivity index (χ0) is 8.81. The van der Waals surface area contributed by atoms with E-state index in [0.717, 1.165) is 11.3 Å². The molecule has 0 aliphatic rings. The molecule has 0 aliphatic carbocycles. The average Bonchev–Trinajstić information content (AvgIpc) is 2.15. The first kappa shape index (κ1) is 8.46. The Hall–Kier alpha value is -1.64. The smallest absolute Gasteiger partial charge is 0.293 e. The van der Waals surface area contributed by atoms with Gasteiger partial charge in [-0.05, 0) is 11.6 Å². The molecule has 0 saturated heterocycles. The standard InChI is InChI=1S/C9H9NO2/c1-2-8-3-4-9(10-5-8)6-12-7-11/h2-5,7H,1,6H2. The van der Waals surface area contributed by atoms with Crippen molar-refractivity contribution in [2.45, 2.75) is 6.61 Å². The van der Waals surface area contributed by atoms with E-state index in [9.17, 15) is 4.79 Å². The number of carbonyl (C=O) groups is 1. The van der Waals surface area contributed by atoms with Crippen molar-refractivity contribution in [3.8, 4) is 0 Å². The summed E-state index contributed by atoms with van der Waals surface area (Å²) >= 11 is 0. The molecule has 0 bridgehead atoms. The van der Waals surface area contributed by atoms with Crippen LogP contribution in [0.5, 0.6) is 0 Å². The maximum Gasteiger partial charge on any atom is 0.293 e. The van der Waals surface area contributed by atoms with E-state index in [2.05, 4.69) is 16.3 Å². The van der Waals surface area contributed by atoms with Gasteiger partial charge in [0.25, 0.3) is 6.47 Å². The summed E-state index contributed by atoms with van der Waals surface area (Å²) in [5, 5.41) is 0. The van der Waals surface area contributed by atoms with Gasteiger partial charge in [-0.1, -0.05) is 18.7 Å². The maximum atomic E-state index is 9.84. The van der Waals surface area contributed by atoms with Gasteiger partial charge in [-0.25, -0.2) is 0 Å². The van der Waals surface area contributed by atoms with Crippen LogP contribution in [-0.2, 0) is 16.1 Å². The first-order chi connectivity index (χ1) is 5.86. The highest BCUT2D eigenvalue weighted by Crippen LogP contribution is 2.01. The zero-order valence-corrected chi connectivity index (χ0v) is 6.56. The minimum atomic E-state index is 0.223. The van der Waals surface area contributed by atoms with Gasteiger partial charge in [0.1, 0.15) is 6.61 Å². The van der Waals surface area contributed by atoms with Crippen LogP contribution in [-0.4, -0.2) is 11.5 Å². The number of pyridine rings is 1. The van der Waals surface area contributed by atoms with Crippen molar-refractivity contribution < 1.29 is 9.53 Å². The van der Waals surface area contributed by atoms with Gasteiger partial charge in [0.2, 0.25) is 0 Å². The predicted octanol–water partition coefficient (Wildman–Crippen LogP) is 1.40. The van der Waals surface area contributed by atoms with Gasteiger partial charge in [0.05, 0.1) is 5.69 Å². The number of aromatic nitrogens is 1. The molecule has 12 heavy (non-hydrogen) atoms. The Bertz CT molecular complexity index is 266. The van der Waals surface area contributed by atoms with E-state index >= 15 is 0 Å². The minimum Gasteiger partial charge on any atom is -0.461 e. The Labute approximate surface area is 70.7 Å². The van der Waals surface area contributed by atoms with Crippen molar-refractivity contribution in [1.82, 2.24) is 4.98 Å². The van der Waals surface area contributed by atoms with Crippen molar-refractivity contribution in [2.24, 2.45) is 0 Å². The minimum absolute atomic E-state index is 0.223. The second-order valence-electron chi connectivity index (χ2n) is 2.19. The van der Waals surface area contributed by atoms with Crippen LogP contribution in [0, 0.1) is 0 Å². The van der Waals surface area contributed by atoms with Gasteiger partial charge in [0, 0.05) is 6.20 Å². The molecular formula is C9H9NO2. The van der Waals surface area contributed by atoms with Crippen LogP contribution in [0.1, 0.15) is 11.3 Å². The number of hydrogen-bond acceptors (Lipinski definition) is 3. The summed E-state index contributed by atoms with van der Waals surface area (Å²) in [5.74, 6) is 0. The quantitative estimate of drug-likeness (QED) is 0.630. The van der Waals surface area contributed by atoms with Crippen molar-refractivity contribution in [3.05, 3.63) is 36.2 Å². The lowest BCUT2D eigenvalue weighted by Gasteiger charge is -1.98. The van der Waals surface area contributed by atoms with Gasteiger partial charge in [-0.15, -0.1) is 0 Å². The van der Waals surface area contributed by atoms with Crippen LogP contribution in [0.25, 0.3) is 6.08 Å². The second-order valence-corrected chi connectivity index (χ2v) is 2.19. The van der Waals surface area contributed by atoms with Crippen molar-refractivity contribution in [2.75, 3.05) is 0 Å². The second kappa shape index (κ2) is 4.28. The SMILES string of the molecule is C=Cc1ccc(COC=O)nc1. The molecule has 0 N–H and O–H groups in total. The number of carbonyl (C=O) groups excluding carboxylic acids is 1. The third-order valence-corrected chi connectivity index (χ3v) is 1.38. The molecule has 1 heterocycles. The van der Waals surface area contributed by atoms with Gasteiger partial charge in [-0.3, -0.25) is 9.78 Å². The summed E-state index contributed by atoms with van der Waals surface area (Å²) in [6, 6.07) is 3.66. The molecule has 62 valence electrons. The van der Waals surface area contributed by atoms with E-state index < -0.39 is 0 Å². The summed E-state index contributed by atoms with van der Waals surface area (Å²) in [7, 11) is 0. The van der Waals surface area contributed by atoms with E-state index in [0.29, 0.717) is 6.47 Å². The van der Waals surface area contributed by atoms with Crippen molar-refractivity contribution in [3.63, 3.8) is 0 Å². The fraction of sp³-hybridized carbons (Fsp3) is 0.111. The van der Waals surface area contributed by atoms with Gasteiger partial charge in [-0.2, -0.15) is 0 Å². The molecule has 0 atom stereocenters. The molecule has 0 spiro atoms. The number of rotatable bonds is 4. The van der Waals surface area contributed by atoms with E-state index in [1.807, 2.05) is 6.07 Å². The Kier molecular flexibility index (Phi) is 3.02. The lowest BCUT2D eigenvalue weighted by molar-refractivity contribution is -0.129. The Morgan fingerprint density at radius 2 is 2.42 bits per heavy atom. The molecule has 1 aromatic rings. The molecule has 1 aromatic heterocycles. The van der Waals surface area contributed by atoms with Crippen LogP contribution in [0.15, 0.2) is 24.9 Å². The normalized spacial score (nSPS) is 9.00. The molecule has 3 heteroatoms. The maximum absolute atomic E-state index is 9.84. The summed E-state index contributed by atoms with van der Waals surface area (Å²) in [6.07, 6.45) is 3.38. The highest BCUT2D eigenvalue weighted by Gasteiger charge is 1.92. The first-order valence-corrected chi connectivity index (χ1v) is 3.49. The van der Waals surface area contributed by atoms with Crippen LogP contribution in [0.2, 0.25) is 0 Å². The van der Waals surface area contributed by atoms with Gasteiger partial charge in [0.15, 0.2) is 0 Å². The summed E-state index contributed by atoms with van der Waals surface area (Å²) in [5.41, 5.74) is 1.68. The van der Waals surface area contributed by atoms with Crippen molar-refractivity contribution >= 4 is 12.5 Å². The molecule has 1 rings (SSSR count). The Balaban J connectivity index is 2.64. The Morgan fingerprint density at radius 1 is 1.58 bits per heavy atom. The fourth-order valence-corrected chi connectivity index (χ4v) is 0.761. The van der Waals surface area contributed by atoms with Gasteiger partial charge >= 0.3 is 0 Å². The largest absolute Gasteiger partial charge is 0.461 e. The molecular weight excluding hydrogens is 154 g/mol. The third-order valence-electron chi connectivity index (χ3n) is 1.38. The molecule has 0 saturated carbocycles.